The number of phenols is 1. The molecule has 144 valence electrons. The van der Waals surface area contributed by atoms with Crippen molar-refractivity contribution in [2.45, 2.75) is 0 Å². The summed E-state index contributed by atoms with van der Waals surface area (Å²) in [7, 11) is 0. The van der Waals surface area contributed by atoms with Gasteiger partial charge in [-0.25, -0.2) is 5.43 Å². The van der Waals surface area contributed by atoms with Crippen LogP contribution in [0.5, 0.6) is 5.75 Å². The summed E-state index contributed by atoms with van der Waals surface area (Å²) < 4.78 is 5.75. The molecule has 0 aliphatic carbocycles. The second-order valence-electron chi connectivity index (χ2n) is 6.14. The number of fused-ring (bicyclic) bond motifs is 3. The molecule has 0 saturated heterocycles. The molecule has 1 aromatic heterocycles. The number of hydrazone groups is 1. The molecule has 3 aromatic carbocycles. The Hall–Kier alpha value is -3.72. The average Bonchev–Trinajstić information content (AvgIpc) is 3.15. The highest BCUT2D eigenvalue weighted by molar-refractivity contribution is 9.10. The number of nitro benzene ring substituents is 1. The lowest BCUT2D eigenvalue weighted by Crippen LogP contribution is -2.16. The van der Waals surface area contributed by atoms with Crippen LogP contribution in [-0.4, -0.2) is 22.2 Å². The van der Waals surface area contributed by atoms with Crippen LogP contribution in [0, 0.1) is 10.1 Å². The highest BCUT2D eigenvalue weighted by Crippen LogP contribution is 2.34. The molecule has 0 aliphatic heterocycles. The molecule has 0 unspecified atom stereocenters. The average molecular weight is 454 g/mol. The molecule has 1 amide bonds. The lowest BCUT2D eigenvalue weighted by Gasteiger charge is -2.01. The van der Waals surface area contributed by atoms with Crippen molar-refractivity contribution in [2.24, 2.45) is 5.10 Å². The molecule has 0 spiro atoms. The summed E-state index contributed by atoms with van der Waals surface area (Å²) in [6.07, 6.45) is 1.23. The smallest absolute Gasteiger partial charge is 0.312 e. The molecule has 2 N–H and O–H groups in total. The van der Waals surface area contributed by atoms with E-state index in [4.69, 9.17) is 4.42 Å². The molecule has 29 heavy (non-hydrogen) atoms. The summed E-state index contributed by atoms with van der Waals surface area (Å²) in [6, 6.07) is 15.7. The number of hydrogen-bond acceptors (Lipinski definition) is 6. The Kier molecular flexibility index (Phi) is 4.73. The largest absolute Gasteiger partial charge is 0.501 e. The molecule has 0 radical (unpaired) electrons. The second-order valence-corrected chi connectivity index (χ2v) is 6.99. The fourth-order valence-corrected chi connectivity index (χ4v) is 3.41. The number of nitrogens with zero attached hydrogens (tertiary/aromatic N) is 2. The van der Waals surface area contributed by atoms with Crippen molar-refractivity contribution in [2.75, 3.05) is 0 Å². The van der Waals surface area contributed by atoms with Crippen LogP contribution in [0.15, 0.2) is 68.6 Å². The van der Waals surface area contributed by atoms with Crippen molar-refractivity contribution in [3.63, 3.8) is 0 Å². The van der Waals surface area contributed by atoms with Gasteiger partial charge >= 0.3 is 11.6 Å². The molecule has 1 heterocycles. The van der Waals surface area contributed by atoms with Crippen LogP contribution in [0.1, 0.15) is 16.1 Å². The highest BCUT2D eigenvalue weighted by Gasteiger charge is 2.17. The van der Waals surface area contributed by atoms with Gasteiger partial charge in [-0.1, -0.05) is 30.3 Å². The zero-order chi connectivity index (χ0) is 20.5. The Bertz CT molecular complexity index is 1310. The van der Waals surface area contributed by atoms with E-state index in [9.17, 15) is 20.0 Å². The van der Waals surface area contributed by atoms with Crippen LogP contribution < -0.4 is 5.43 Å². The number of hydrogen-bond donors (Lipinski definition) is 2. The SMILES string of the molecule is O=C(NN=Cc1cc(Br)c(O)c([N+](=O)[O-])c1)c1cc2c(ccc3ccccc32)o1. The Labute approximate surface area is 171 Å². The summed E-state index contributed by atoms with van der Waals surface area (Å²) in [6.45, 7) is 0. The number of nitrogens with one attached hydrogen (secondary N) is 1. The van der Waals surface area contributed by atoms with Gasteiger partial charge in [0.15, 0.2) is 5.76 Å². The Morgan fingerprint density at radius 3 is 2.76 bits per heavy atom. The normalized spacial score (nSPS) is 11.3. The number of furan rings is 1. The highest BCUT2D eigenvalue weighted by atomic mass is 79.9. The van der Waals surface area contributed by atoms with Gasteiger partial charge in [0.2, 0.25) is 5.75 Å². The molecule has 9 heteroatoms. The maximum Gasteiger partial charge on any atom is 0.312 e. The van der Waals surface area contributed by atoms with E-state index in [1.807, 2.05) is 30.3 Å². The molecular weight excluding hydrogens is 442 g/mol. The van der Waals surface area contributed by atoms with Crippen LogP contribution in [0.4, 0.5) is 5.69 Å². The topological polar surface area (TPSA) is 118 Å². The fourth-order valence-electron chi connectivity index (χ4n) is 2.94. The van der Waals surface area contributed by atoms with Crippen molar-refractivity contribution in [3.8, 4) is 5.75 Å². The lowest BCUT2D eigenvalue weighted by molar-refractivity contribution is -0.386. The lowest BCUT2D eigenvalue weighted by atomic mass is 10.1. The standard InChI is InChI=1S/C20H12BrN3O5/c21-15-7-11(8-16(19(15)25)24(27)28)10-22-23-20(26)18-9-14-13-4-2-1-3-12(13)5-6-17(14)29-18/h1-10,25H,(H,23,26). The van der Waals surface area contributed by atoms with E-state index >= 15 is 0 Å². The number of aromatic hydroxyl groups is 1. The summed E-state index contributed by atoms with van der Waals surface area (Å²) in [4.78, 5) is 22.6. The maximum atomic E-state index is 12.4. The molecule has 0 fully saturated rings. The van der Waals surface area contributed by atoms with Crippen molar-refractivity contribution >= 4 is 55.5 Å². The Balaban J connectivity index is 1.57. The number of nitro groups is 1. The van der Waals surface area contributed by atoms with E-state index in [0.717, 1.165) is 22.2 Å². The first-order valence-corrected chi connectivity index (χ1v) is 9.15. The minimum atomic E-state index is -0.714. The van der Waals surface area contributed by atoms with Gasteiger partial charge in [0.05, 0.1) is 15.6 Å². The van der Waals surface area contributed by atoms with Gasteiger partial charge < -0.3 is 9.52 Å². The van der Waals surface area contributed by atoms with Crippen LogP contribution >= 0.6 is 15.9 Å². The molecule has 4 aromatic rings. The van der Waals surface area contributed by atoms with Crippen molar-refractivity contribution in [1.29, 1.82) is 0 Å². The number of halogens is 1. The molecule has 8 nitrogen and oxygen atoms in total. The van der Waals surface area contributed by atoms with E-state index in [-0.39, 0.29) is 10.2 Å². The van der Waals surface area contributed by atoms with Gasteiger partial charge in [-0.05, 0) is 44.9 Å². The van der Waals surface area contributed by atoms with Crippen LogP contribution in [0.25, 0.3) is 21.7 Å². The second kappa shape index (κ2) is 7.36. The van der Waals surface area contributed by atoms with E-state index in [0.29, 0.717) is 11.1 Å². The van der Waals surface area contributed by atoms with E-state index in [2.05, 4.69) is 26.5 Å². The minimum absolute atomic E-state index is 0.0892. The number of rotatable bonds is 4. The first kappa shape index (κ1) is 18.6. The first-order chi connectivity index (χ1) is 13.9. The van der Waals surface area contributed by atoms with Crippen molar-refractivity contribution in [1.82, 2.24) is 5.43 Å². The van der Waals surface area contributed by atoms with Gasteiger partial charge in [-0.15, -0.1) is 0 Å². The number of phenolic OH excluding ortho intramolecular Hbond substituents is 1. The zero-order valence-corrected chi connectivity index (χ0v) is 16.2. The van der Waals surface area contributed by atoms with Crippen molar-refractivity contribution < 1.29 is 19.2 Å². The summed E-state index contributed by atoms with van der Waals surface area (Å²) >= 11 is 3.04. The molecule has 4 rings (SSSR count). The zero-order valence-electron chi connectivity index (χ0n) is 14.6. The number of amides is 1. The number of carbonyl (C=O) groups excluding carboxylic acids is 1. The predicted molar refractivity (Wildman–Crippen MR) is 111 cm³/mol. The molecule has 0 bridgehead atoms. The van der Waals surface area contributed by atoms with Gasteiger partial charge in [-0.3, -0.25) is 14.9 Å². The van der Waals surface area contributed by atoms with Crippen LogP contribution in [0.3, 0.4) is 0 Å². The van der Waals surface area contributed by atoms with Crippen molar-refractivity contribution in [3.05, 3.63) is 80.5 Å². The van der Waals surface area contributed by atoms with Crippen LogP contribution in [-0.2, 0) is 0 Å². The van der Waals surface area contributed by atoms with Gasteiger partial charge in [-0.2, -0.15) is 5.10 Å². The van der Waals surface area contributed by atoms with Crippen LogP contribution in [0.2, 0.25) is 0 Å². The first-order valence-electron chi connectivity index (χ1n) is 8.35. The van der Waals surface area contributed by atoms with E-state index < -0.39 is 22.3 Å². The molecular formula is C20H12BrN3O5. The van der Waals surface area contributed by atoms with Gasteiger partial charge in [0.1, 0.15) is 5.58 Å². The summed E-state index contributed by atoms with van der Waals surface area (Å²) in [5, 5.41) is 27.3. The van der Waals surface area contributed by atoms with Gasteiger partial charge in [0, 0.05) is 17.0 Å². The summed E-state index contributed by atoms with van der Waals surface area (Å²) in [5.74, 6) is -0.953. The monoisotopic (exact) mass is 453 g/mol. The third-order valence-corrected chi connectivity index (χ3v) is 4.90. The molecule has 0 atom stereocenters. The summed E-state index contributed by atoms with van der Waals surface area (Å²) in [5.41, 5.74) is 2.75. The predicted octanol–water partition coefficient (Wildman–Crippen LogP) is 4.73. The van der Waals surface area contributed by atoms with Gasteiger partial charge in [0.25, 0.3) is 0 Å². The van der Waals surface area contributed by atoms with E-state index in [1.165, 1.54) is 12.3 Å². The third kappa shape index (κ3) is 3.55. The Morgan fingerprint density at radius 1 is 1.17 bits per heavy atom. The maximum absolute atomic E-state index is 12.4. The third-order valence-electron chi connectivity index (χ3n) is 4.29. The molecule has 0 aliphatic rings. The van der Waals surface area contributed by atoms with E-state index in [1.54, 1.807) is 12.1 Å². The fraction of sp³-hybridized carbons (Fsp3) is 0. The quantitative estimate of drug-likeness (QED) is 0.263. The Morgan fingerprint density at radius 2 is 1.97 bits per heavy atom. The minimum Gasteiger partial charge on any atom is -0.501 e. The molecule has 0 saturated carbocycles. The number of benzene rings is 3. The number of carbonyl (C=O) groups is 1.